The Morgan fingerprint density at radius 3 is 2.38 bits per heavy atom. The number of hydrogen-bond donors (Lipinski definition) is 5. The van der Waals surface area contributed by atoms with E-state index in [1.54, 1.807) is 0 Å². The van der Waals surface area contributed by atoms with Crippen LogP contribution in [0.5, 0.6) is 0 Å². The minimum atomic E-state index is -3.84. The molecule has 5 N–H and O–H groups in total. The maximum Gasteiger partial charge on any atom is 0.372 e. The van der Waals surface area contributed by atoms with Gasteiger partial charge >= 0.3 is 11.8 Å². The Balaban J connectivity index is 2.55. The van der Waals surface area contributed by atoms with Gasteiger partial charge in [0.05, 0.1) is 18.7 Å². The van der Waals surface area contributed by atoms with Crippen LogP contribution in [0.1, 0.15) is 13.0 Å². The summed E-state index contributed by atoms with van der Waals surface area (Å²) in [6, 6.07) is -0.0905. The van der Waals surface area contributed by atoms with Gasteiger partial charge in [0.1, 0.15) is 18.3 Å². The van der Waals surface area contributed by atoms with E-state index in [0.717, 1.165) is 11.5 Å². The Morgan fingerprint density at radius 2 is 1.92 bits per heavy atom. The molecule has 1 aromatic heterocycles. The molecule has 0 aromatic carbocycles. The Labute approximate surface area is 146 Å². The second-order valence-electron chi connectivity index (χ2n) is 6.02. The molecule has 9 nitrogen and oxygen atoms in total. The number of hydrogen-bond acceptors (Lipinski definition) is 6. The number of nitrogens with zero attached hydrogens (tertiary/aromatic N) is 1. The van der Waals surface area contributed by atoms with Crippen LogP contribution in [-0.2, 0) is 14.3 Å². The molecule has 1 saturated heterocycles. The first kappa shape index (κ1) is 20.2. The molecule has 7 atom stereocenters. The number of aliphatic carboxylic acids is 1. The third-order valence-corrected chi connectivity index (χ3v) is 4.24. The molecule has 2 unspecified atom stereocenters. The summed E-state index contributed by atoms with van der Waals surface area (Å²) in [5, 5.41) is 40.2. The number of ether oxygens (including phenoxy) is 1. The summed E-state index contributed by atoms with van der Waals surface area (Å²) in [5.41, 5.74) is 0. The van der Waals surface area contributed by atoms with Crippen molar-refractivity contribution in [2.45, 2.75) is 49.3 Å². The molecule has 26 heavy (non-hydrogen) atoms. The normalized spacial score (nSPS) is 34.1. The highest BCUT2D eigenvalue weighted by molar-refractivity contribution is 5.77. The molecular formula is C15H20F2N2O7. The highest BCUT2D eigenvalue weighted by Crippen LogP contribution is 2.41. The molecule has 0 saturated carbocycles. The summed E-state index contributed by atoms with van der Waals surface area (Å²) in [7, 11) is 0. The van der Waals surface area contributed by atoms with Crippen LogP contribution in [0.3, 0.4) is 0 Å². The monoisotopic (exact) mass is 378 g/mol. The zero-order chi connectivity index (χ0) is 19.6. The largest absolute Gasteiger partial charge is 0.477 e. The van der Waals surface area contributed by atoms with Crippen LogP contribution in [0.4, 0.5) is 8.78 Å². The first-order valence-electron chi connectivity index (χ1n) is 7.74. The number of halogens is 2. The van der Waals surface area contributed by atoms with Crippen molar-refractivity contribution in [2.75, 3.05) is 6.61 Å². The minimum absolute atomic E-state index is 0.680. The summed E-state index contributed by atoms with van der Waals surface area (Å²) in [4.78, 5) is 22.8. The third kappa shape index (κ3) is 3.56. The van der Waals surface area contributed by atoms with Gasteiger partial charge in [-0.1, -0.05) is 0 Å². The minimum Gasteiger partial charge on any atom is -0.477 e. The molecule has 1 fully saturated rings. The first-order valence-corrected chi connectivity index (χ1v) is 7.74. The molecule has 0 radical (unpaired) electrons. The van der Waals surface area contributed by atoms with Crippen LogP contribution >= 0.6 is 0 Å². The summed E-state index contributed by atoms with van der Waals surface area (Å²) >= 11 is 0. The molecule has 0 aliphatic carbocycles. The number of rotatable bonds is 6. The average molecular weight is 378 g/mol. The van der Waals surface area contributed by atoms with E-state index in [2.05, 4.69) is 10.1 Å². The van der Waals surface area contributed by atoms with Crippen LogP contribution in [-0.4, -0.2) is 79.9 Å². The molecule has 1 aliphatic rings. The van der Waals surface area contributed by atoms with Gasteiger partial charge in [0.2, 0.25) is 5.91 Å². The van der Waals surface area contributed by atoms with Gasteiger partial charge in [-0.3, -0.25) is 4.79 Å². The number of carbonyl (C=O) groups excluding carboxylic acids is 1. The lowest BCUT2D eigenvalue weighted by Crippen LogP contribution is -2.69. The highest BCUT2D eigenvalue weighted by atomic mass is 19.2. The number of carbonyl (C=O) groups is 2. The fourth-order valence-corrected chi connectivity index (χ4v) is 3.00. The second-order valence-corrected chi connectivity index (χ2v) is 6.02. The molecule has 146 valence electrons. The molecule has 2 heterocycles. The molecular weight excluding hydrogens is 358 g/mol. The highest BCUT2D eigenvalue weighted by Gasteiger charge is 2.63. The standard InChI is InChI=1S/C15H20F2N2O7/c1-7(21)18-9-10(19-4-2-3-5-19)13(16)15(17,14(24)25)26-12(9)11(23)8(22)6-20/h2-5,8-13,20,22-23H,6H2,1H3,(H,18,21)(H,24,25)/t8-,9-,10-,11-,12-,13?,15?/m1/s1. The van der Waals surface area contributed by atoms with E-state index in [4.69, 9.17) is 10.2 Å². The maximum atomic E-state index is 14.9. The quantitative estimate of drug-likeness (QED) is 0.416. The van der Waals surface area contributed by atoms with E-state index in [1.165, 1.54) is 24.5 Å². The lowest BCUT2D eigenvalue weighted by Gasteiger charge is -2.47. The summed E-state index contributed by atoms with van der Waals surface area (Å²) in [6.07, 6.45) is -5.80. The van der Waals surface area contributed by atoms with Gasteiger partial charge in [0.25, 0.3) is 0 Å². The number of aliphatic hydroxyl groups excluding tert-OH is 3. The van der Waals surface area contributed by atoms with E-state index in [0.29, 0.717) is 0 Å². The molecule has 11 heteroatoms. The lowest BCUT2D eigenvalue weighted by molar-refractivity contribution is -0.282. The maximum absolute atomic E-state index is 14.9. The van der Waals surface area contributed by atoms with Crippen LogP contribution in [0.15, 0.2) is 24.5 Å². The summed E-state index contributed by atoms with van der Waals surface area (Å²) in [5.74, 6) is -6.79. The zero-order valence-corrected chi connectivity index (χ0v) is 13.7. The van der Waals surface area contributed by atoms with Crippen molar-refractivity contribution in [3.05, 3.63) is 24.5 Å². The summed E-state index contributed by atoms with van der Waals surface area (Å²) < 4.78 is 35.5. The number of nitrogens with one attached hydrogen (secondary N) is 1. The van der Waals surface area contributed by atoms with E-state index < -0.39 is 60.9 Å². The Hall–Kier alpha value is -2.08. The van der Waals surface area contributed by atoms with Gasteiger partial charge in [-0.05, 0) is 12.1 Å². The van der Waals surface area contributed by atoms with Crippen LogP contribution < -0.4 is 5.32 Å². The van der Waals surface area contributed by atoms with Crippen molar-refractivity contribution in [1.29, 1.82) is 0 Å². The molecule has 1 aliphatic heterocycles. The second kappa shape index (κ2) is 7.66. The van der Waals surface area contributed by atoms with E-state index >= 15 is 0 Å². The molecule has 1 amide bonds. The number of carboxylic acids is 1. The number of carboxylic acid groups (broad SMARTS) is 1. The van der Waals surface area contributed by atoms with Crippen molar-refractivity contribution in [2.24, 2.45) is 0 Å². The predicted octanol–water partition coefficient (Wildman–Crippen LogP) is -1.26. The number of aromatic nitrogens is 1. The van der Waals surface area contributed by atoms with Crippen molar-refractivity contribution < 1.29 is 43.5 Å². The van der Waals surface area contributed by atoms with Crippen molar-refractivity contribution in [3.8, 4) is 0 Å². The fourth-order valence-electron chi connectivity index (χ4n) is 3.00. The van der Waals surface area contributed by atoms with Gasteiger partial charge in [-0.15, -0.1) is 0 Å². The molecule has 2 rings (SSSR count). The number of alkyl halides is 2. The van der Waals surface area contributed by atoms with Gasteiger partial charge in [0.15, 0.2) is 6.17 Å². The number of amides is 1. The van der Waals surface area contributed by atoms with Crippen molar-refractivity contribution in [3.63, 3.8) is 0 Å². The van der Waals surface area contributed by atoms with Gasteiger partial charge in [-0.2, -0.15) is 4.39 Å². The van der Waals surface area contributed by atoms with Gasteiger partial charge < -0.3 is 35.0 Å². The van der Waals surface area contributed by atoms with Gasteiger partial charge in [0, 0.05) is 19.3 Å². The Morgan fingerprint density at radius 1 is 1.35 bits per heavy atom. The van der Waals surface area contributed by atoms with Crippen LogP contribution in [0.25, 0.3) is 0 Å². The molecule has 0 spiro atoms. The Kier molecular flexibility index (Phi) is 5.96. The molecule has 0 bridgehead atoms. The lowest BCUT2D eigenvalue weighted by atomic mass is 9.85. The average Bonchev–Trinajstić information content (AvgIpc) is 3.10. The van der Waals surface area contributed by atoms with Crippen LogP contribution in [0, 0.1) is 0 Å². The summed E-state index contributed by atoms with van der Waals surface area (Å²) in [6.45, 7) is 0.133. The Bertz CT molecular complexity index is 644. The smallest absolute Gasteiger partial charge is 0.372 e. The SMILES string of the molecule is CC(=O)N[C@H]1[C@H]([C@H](O)[C@H](O)CO)OC(F)(C(=O)O)C(F)[C@@H]1n1cccc1. The number of aliphatic hydroxyl groups is 3. The first-order chi connectivity index (χ1) is 12.1. The fraction of sp³-hybridized carbons (Fsp3) is 0.600. The molecule has 1 aromatic rings. The van der Waals surface area contributed by atoms with Gasteiger partial charge in [-0.25, -0.2) is 9.18 Å². The van der Waals surface area contributed by atoms with E-state index in [-0.39, 0.29) is 0 Å². The van der Waals surface area contributed by atoms with Crippen molar-refractivity contribution in [1.82, 2.24) is 9.88 Å². The van der Waals surface area contributed by atoms with E-state index in [1.807, 2.05) is 0 Å². The van der Waals surface area contributed by atoms with Crippen molar-refractivity contribution >= 4 is 11.9 Å². The third-order valence-electron chi connectivity index (χ3n) is 4.24. The zero-order valence-electron chi connectivity index (χ0n) is 13.7. The predicted molar refractivity (Wildman–Crippen MR) is 81.4 cm³/mol. The topological polar surface area (TPSA) is 141 Å². The van der Waals surface area contributed by atoms with Crippen LogP contribution in [0.2, 0.25) is 0 Å². The van der Waals surface area contributed by atoms with E-state index in [9.17, 15) is 28.6 Å².